The van der Waals surface area contributed by atoms with E-state index in [0.717, 1.165) is 30.7 Å². The van der Waals surface area contributed by atoms with E-state index < -0.39 is 5.82 Å². The fourth-order valence-electron chi connectivity index (χ4n) is 7.11. The van der Waals surface area contributed by atoms with Crippen LogP contribution in [0.2, 0.25) is 0 Å². The number of methoxy groups -OCH3 is 1. The number of ether oxygens (including phenoxy) is 2. The molecule has 2 aliphatic rings. The Morgan fingerprint density at radius 2 is 2.10 bits per heavy atom. The number of thiophene rings is 1. The van der Waals surface area contributed by atoms with Crippen molar-refractivity contribution in [2.45, 2.75) is 44.3 Å². The Hall–Kier alpha value is -4.82. The molecule has 248 valence electrons. The maximum absolute atomic E-state index is 15.0. The van der Waals surface area contributed by atoms with Crippen molar-refractivity contribution in [1.29, 1.82) is 5.26 Å². The van der Waals surface area contributed by atoms with E-state index in [2.05, 4.69) is 34.3 Å². The van der Waals surface area contributed by atoms with Crippen LogP contribution in [-0.4, -0.2) is 90.8 Å². The number of benzene rings is 2. The summed E-state index contributed by atoms with van der Waals surface area (Å²) in [6.45, 7) is 16.3. The van der Waals surface area contributed by atoms with Crippen molar-refractivity contribution in [3.8, 4) is 23.2 Å². The first kappa shape index (κ1) is 33.1. The SMILES string of the molecule is [C-]#[N+]c1c(N)sc2c(F)ccc(-c3cc4nc(OCC5CCCN5C)nc(N(CC)C5CCN(C(=O)C=C)C5COC)c4cc3C#N)c12. The molecule has 2 saturated heterocycles. The molecule has 11 nitrogen and oxygen atoms in total. The van der Waals surface area contributed by atoms with Gasteiger partial charge in [-0.1, -0.05) is 12.6 Å². The minimum Gasteiger partial charge on any atom is -0.462 e. The number of carbonyl (C=O) groups is 1. The lowest BCUT2D eigenvalue weighted by molar-refractivity contribution is -0.127. The van der Waals surface area contributed by atoms with Gasteiger partial charge in [-0.2, -0.15) is 15.2 Å². The molecule has 2 aromatic heterocycles. The lowest BCUT2D eigenvalue weighted by Gasteiger charge is -2.35. The number of hydrogen-bond acceptors (Lipinski definition) is 10. The number of nitrogens with two attached hydrogens (primary N) is 1. The number of fused-ring (bicyclic) bond motifs is 2. The number of nitriles is 1. The van der Waals surface area contributed by atoms with Gasteiger partial charge in [-0.3, -0.25) is 4.79 Å². The van der Waals surface area contributed by atoms with Gasteiger partial charge in [-0.25, -0.2) is 9.24 Å². The zero-order valence-corrected chi connectivity index (χ0v) is 28.0. The zero-order valence-electron chi connectivity index (χ0n) is 27.2. The number of likely N-dealkylation sites (N-methyl/N-ethyl adjacent to an activating group) is 2. The van der Waals surface area contributed by atoms with Gasteiger partial charge in [0.2, 0.25) is 11.6 Å². The van der Waals surface area contributed by atoms with Crippen LogP contribution in [0.25, 0.3) is 37.0 Å². The number of aromatic nitrogens is 2. The topological polar surface area (TPSA) is 125 Å². The van der Waals surface area contributed by atoms with Crippen LogP contribution in [0.4, 0.5) is 20.9 Å². The first-order valence-corrected chi connectivity index (χ1v) is 16.7. The van der Waals surface area contributed by atoms with Crippen molar-refractivity contribution in [1.82, 2.24) is 19.8 Å². The molecular weight excluding hydrogens is 632 g/mol. The second-order valence-electron chi connectivity index (χ2n) is 12.1. The summed E-state index contributed by atoms with van der Waals surface area (Å²) in [5.74, 6) is -0.0745. The smallest absolute Gasteiger partial charge is 0.319 e. The number of carbonyl (C=O) groups excluding carboxylic acids is 1. The van der Waals surface area contributed by atoms with Crippen molar-refractivity contribution in [2.75, 3.05) is 57.6 Å². The molecule has 3 atom stereocenters. The van der Waals surface area contributed by atoms with Crippen LogP contribution in [0.1, 0.15) is 31.7 Å². The van der Waals surface area contributed by atoms with Gasteiger partial charge in [-0.05, 0) is 69.6 Å². The molecule has 2 aromatic carbocycles. The Bertz CT molecular complexity index is 1980. The van der Waals surface area contributed by atoms with Crippen LogP contribution in [-0.2, 0) is 9.53 Å². The van der Waals surface area contributed by atoms with Gasteiger partial charge >= 0.3 is 6.01 Å². The largest absolute Gasteiger partial charge is 0.462 e. The van der Waals surface area contributed by atoms with E-state index in [9.17, 15) is 14.4 Å². The van der Waals surface area contributed by atoms with Gasteiger partial charge in [0.1, 0.15) is 18.2 Å². The quantitative estimate of drug-likeness (QED) is 0.166. The second-order valence-corrected chi connectivity index (χ2v) is 13.1. The highest BCUT2D eigenvalue weighted by Crippen LogP contribution is 2.47. The molecule has 3 unspecified atom stereocenters. The van der Waals surface area contributed by atoms with E-state index in [1.54, 1.807) is 30.2 Å². The minimum atomic E-state index is -0.485. The van der Waals surface area contributed by atoms with Gasteiger partial charge in [0.15, 0.2) is 0 Å². The molecule has 0 bridgehead atoms. The van der Waals surface area contributed by atoms with Crippen molar-refractivity contribution < 1.29 is 18.7 Å². The van der Waals surface area contributed by atoms with Gasteiger partial charge in [0, 0.05) is 42.6 Å². The van der Waals surface area contributed by atoms with E-state index in [1.807, 2.05) is 6.92 Å². The molecule has 2 fully saturated rings. The lowest BCUT2D eigenvalue weighted by atomic mass is 9.94. The van der Waals surface area contributed by atoms with Crippen LogP contribution < -0.4 is 15.4 Å². The maximum atomic E-state index is 15.0. The minimum absolute atomic E-state index is 0.150. The van der Waals surface area contributed by atoms with Crippen molar-refractivity contribution >= 4 is 54.7 Å². The average molecular weight is 669 g/mol. The molecule has 2 N–H and O–H groups in total. The third-order valence-electron chi connectivity index (χ3n) is 9.50. The van der Waals surface area contributed by atoms with E-state index in [1.165, 1.54) is 12.1 Å². The number of anilines is 2. The van der Waals surface area contributed by atoms with Gasteiger partial charge in [0.25, 0.3) is 0 Å². The van der Waals surface area contributed by atoms with E-state index in [4.69, 9.17) is 31.7 Å². The van der Waals surface area contributed by atoms with Crippen molar-refractivity contribution in [3.63, 3.8) is 0 Å². The molecular formula is C35H37FN8O3S. The Morgan fingerprint density at radius 3 is 2.77 bits per heavy atom. The molecule has 4 aromatic rings. The van der Waals surface area contributed by atoms with Crippen LogP contribution in [0.5, 0.6) is 6.01 Å². The van der Waals surface area contributed by atoms with Crippen LogP contribution >= 0.6 is 11.3 Å². The van der Waals surface area contributed by atoms with Crippen LogP contribution in [0.3, 0.4) is 0 Å². The Kier molecular flexibility index (Phi) is 9.47. The predicted octanol–water partition coefficient (Wildman–Crippen LogP) is 5.76. The lowest BCUT2D eigenvalue weighted by Crippen LogP contribution is -2.49. The predicted molar refractivity (Wildman–Crippen MR) is 186 cm³/mol. The average Bonchev–Trinajstić information content (AvgIpc) is 3.80. The molecule has 0 spiro atoms. The second kappa shape index (κ2) is 13.7. The molecule has 0 radical (unpaired) electrons. The molecule has 13 heteroatoms. The van der Waals surface area contributed by atoms with Gasteiger partial charge in [-0.15, -0.1) is 11.3 Å². The summed E-state index contributed by atoms with van der Waals surface area (Å²) in [6, 6.07) is 8.75. The fourth-order valence-corrected chi connectivity index (χ4v) is 8.05. The molecule has 0 saturated carbocycles. The molecule has 0 aliphatic carbocycles. The Morgan fingerprint density at radius 1 is 1.29 bits per heavy atom. The summed E-state index contributed by atoms with van der Waals surface area (Å²) in [7, 11) is 3.69. The molecule has 1 amide bonds. The first-order chi connectivity index (χ1) is 23.2. The highest BCUT2D eigenvalue weighted by atomic mass is 32.1. The summed E-state index contributed by atoms with van der Waals surface area (Å²) < 4.78 is 27.1. The number of nitrogens with zero attached hydrogens (tertiary/aromatic N) is 7. The standard InChI is InChI=1S/C35H37FN8O3S/c1-6-29(45)44-14-12-27(28(44)19-46-5)43(7-2)34-24-15-20(17-37)23(22-10-11-25(36)32-30(22)31(39-3)33(38)48-32)16-26(24)40-35(41-34)47-18-21-9-8-13-42(21)4/h6,10-11,15-16,21,27-28H,1,7-9,12-14,18-19,38H2,2,4-5H3. The summed E-state index contributed by atoms with van der Waals surface area (Å²) in [4.78, 5) is 32.4. The number of nitrogen functional groups attached to an aromatic ring is 1. The van der Waals surface area contributed by atoms with Crippen LogP contribution in [0, 0.1) is 23.7 Å². The molecule has 6 rings (SSSR count). The summed E-state index contributed by atoms with van der Waals surface area (Å²) in [5, 5.41) is 11.7. The van der Waals surface area contributed by atoms with Gasteiger partial charge < -0.3 is 29.9 Å². The summed E-state index contributed by atoms with van der Waals surface area (Å²) >= 11 is 1.01. The summed E-state index contributed by atoms with van der Waals surface area (Å²) in [5.41, 5.74) is 8.13. The maximum Gasteiger partial charge on any atom is 0.319 e. The first-order valence-electron chi connectivity index (χ1n) is 15.9. The van der Waals surface area contributed by atoms with Crippen molar-refractivity contribution in [3.05, 3.63) is 59.7 Å². The number of halogens is 1. The van der Waals surface area contributed by atoms with E-state index in [-0.39, 0.29) is 45.4 Å². The van der Waals surface area contributed by atoms with E-state index in [0.29, 0.717) is 71.5 Å². The highest BCUT2D eigenvalue weighted by molar-refractivity contribution is 7.23. The fraction of sp³-hybridized carbons (Fsp3) is 0.400. The number of rotatable bonds is 10. The third kappa shape index (κ3) is 5.79. The number of hydrogen-bond donors (Lipinski definition) is 1. The Labute approximate surface area is 282 Å². The molecule has 48 heavy (non-hydrogen) atoms. The summed E-state index contributed by atoms with van der Waals surface area (Å²) in [6.07, 6.45) is 4.09. The molecule has 4 heterocycles. The highest BCUT2D eigenvalue weighted by Gasteiger charge is 2.40. The normalized spacial score (nSPS) is 19.5. The van der Waals surface area contributed by atoms with E-state index >= 15 is 0 Å². The van der Waals surface area contributed by atoms with Gasteiger partial charge in [0.05, 0.1) is 52.1 Å². The van der Waals surface area contributed by atoms with Crippen LogP contribution in [0.15, 0.2) is 36.9 Å². The number of amides is 1. The zero-order chi connectivity index (χ0) is 34.1. The number of likely N-dealkylation sites (tertiary alicyclic amines) is 2. The Balaban J connectivity index is 1.54. The molecule has 2 aliphatic heterocycles. The third-order valence-corrected chi connectivity index (χ3v) is 10.5. The van der Waals surface area contributed by atoms with Crippen molar-refractivity contribution in [2.24, 2.45) is 0 Å². The monoisotopic (exact) mass is 668 g/mol.